The zero-order valence-electron chi connectivity index (χ0n) is 11.0. The van der Waals surface area contributed by atoms with Crippen LogP contribution in [0.2, 0.25) is 10.0 Å². The van der Waals surface area contributed by atoms with Crippen molar-refractivity contribution in [3.05, 3.63) is 58.6 Å². The van der Waals surface area contributed by atoms with Crippen molar-refractivity contribution >= 4 is 23.2 Å². The van der Waals surface area contributed by atoms with E-state index in [0.717, 1.165) is 0 Å². The van der Waals surface area contributed by atoms with Crippen LogP contribution in [0.3, 0.4) is 0 Å². The highest BCUT2D eigenvalue weighted by Crippen LogP contribution is 2.23. The Morgan fingerprint density at radius 3 is 1.41 bits per heavy atom. The molecule has 0 atom stereocenters. The van der Waals surface area contributed by atoms with Gasteiger partial charge in [-0.2, -0.15) is 0 Å². The maximum absolute atomic E-state index is 5.86. The number of halogens is 2. The van der Waals surface area contributed by atoms with Gasteiger partial charge in [-0.1, -0.05) is 55.7 Å². The number of benzene rings is 2. The van der Waals surface area contributed by atoms with Gasteiger partial charge in [-0.3, -0.25) is 0 Å². The molecule has 3 aromatic rings. The zero-order chi connectivity index (χ0) is 15.4. The van der Waals surface area contributed by atoms with Crippen molar-refractivity contribution in [2.45, 2.75) is 0 Å². The molecule has 0 N–H and O–H groups in total. The van der Waals surface area contributed by atoms with Gasteiger partial charge in [0, 0.05) is 10.0 Å². The van der Waals surface area contributed by atoms with Crippen LogP contribution in [-0.2, 0) is 0 Å². The van der Waals surface area contributed by atoms with Gasteiger partial charge < -0.3 is 9.47 Å². The highest BCUT2D eigenvalue weighted by molar-refractivity contribution is 6.31. The summed E-state index contributed by atoms with van der Waals surface area (Å²) in [7, 11) is 0. The predicted molar refractivity (Wildman–Crippen MR) is 80.7 cm³/mol. The molecule has 0 saturated carbocycles. The molecule has 0 aliphatic carbocycles. The summed E-state index contributed by atoms with van der Waals surface area (Å²) in [5.74, 6) is 0.971. The Kier molecular flexibility index (Phi) is 4.32. The second-order valence-electron chi connectivity index (χ2n) is 4.08. The van der Waals surface area contributed by atoms with Crippen molar-refractivity contribution in [1.29, 1.82) is 0 Å². The first-order valence-electron chi connectivity index (χ1n) is 6.13. The van der Waals surface area contributed by atoms with E-state index in [1.54, 1.807) is 48.5 Å². The van der Waals surface area contributed by atoms with Gasteiger partial charge in [0.15, 0.2) is 0 Å². The summed E-state index contributed by atoms with van der Waals surface area (Å²) < 4.78 is 10.8. The topological polar surface area (TPSA) is 70.0 Å². The summed E-state index contributed by atoms with van der Waals surface area (Å²) in [5.41, 5.74) is 0. The van der Waals surface area contributed by atoms with Crippen molar-refractivity contribution in [3.8, 4) is 23.5 Å². The van der Waals surface area contributed by atoms with Crippen LogP contribution >= 0.6 is 23.2 Å². The minimum Gasteiger partial charge on any atom is -0.422 e. The predicted octanol–water partition coefficient (Wildman–Crippen LogP) is 4.16. The molecule has 0 amide bonds. The van der Waals surface area contributed by atoms with Gasteiger partial charge in [-0.05, 0) is 36.4 Å². The lowest BCUT2D eigenvalue weighted by molar-refractivity contribution is 0.381. The third kappa shape index (κ3) is 3.81. The van der Waals surface area contributed by atoms with Gasteiger partial charge in [-0.15, -0.1) is 0 Å². The standard InChI is InChI=1S/C14H8Cl2N4O2/c15-9-3-1-5-11(7-9)21-13-17-19-14(20-18-13)22-12-6-2-4-10(16)8-12/h1-8H. The molecule has 110 valence electrons. The van der Waals surface area contributed by atoms with E-state index in [-0.39, 0.29) is 12.0 Å². The molecule has 0 aliphatic rings. The fourth-order valence-corrected chi connectivity index (χ4v) is 1.93. The van der Waals surface area contributed by atoms with Crippen LogP contribution in [0.15, 0.2) is 48.5 Å². The molecule has 0 bridgehead atoms. The molecule has 0 saturated heterocycles. The molecule has 8 heteroatoms. The van der Waals surface area contributed by atoms with Gasteiger partial charge >= 0.3 is 12.0 Å². The zero-order valence-corrected chi connectivity index (χ0v) is 12.5. The van der Waals surface area contributed by atoms with Crippen LogP contribution in [0.4, 0.5) is 0 Å². The maximum atomic E-state index is 5.86. The highest BCUT2D eigenvalue weighted by Gasteiger charge is 2.06. The van der Waals surface area contributed by atoms with Crippen LogP contribution in [0.5, 0.6) is 23.5 Å². The first-order chi connectivity index (χ1) is 10.7. The number of nitrogens with zero attached hydrogens (tertiary/aromatic N) is 4. The van der Waals surface area contributed by atoms with Gasteiger partial charge in [-0.25, -0.2) is 0 Å². The summed E-state index contributed by atoms with van der Waals surface area (Å²) in [4.78, 5) is 0. The van der Waals surface area contributed by atoms with E-state index in [4.69, 9.17) is 32.7 Å². The second kappa shape index (κ2) is 6.55. The first kappa shape index (κ1) is 14.5. The summed E-state index contributed by atoms with van der Waals surface area (Å²) in [6, 6.07) is 13.6. The molecule has 0 fully saturated rings. The van der Waals surface area contributed by atoms with Gasteiger partial charge in [0.25, 0.3) is 0 Å². The molecule has 6 nitrogen and oxygen atoms in total. The van der Waals surface area contributed by atoms with E-state index in [1.165, 1.54) is 0 Å². The summed E-state index contributed by atoms with van der Waals surface area (Å²) >= 11 is 11.7. The normalized spacial score (nSPS) is 10.3. The fraction of sp³-hybridized carbons (Fsp3) is 0. The molecule has 1 aromatic heterocycles. The van der Waals surface area contributed by atoms with Crippen molar-refractivity contribution in [1.82, 2.24) is 20.4 Å². The molecule has 3 rings (SSSR count). The van der Waals surface area contributed by atoms with E-state index in [9.17, 15) is 0 Å². The van der Waals surface area contributed by atoms with Crippen LogP contribution in [0.1, 0.15) is 0 Å². The summed E-state index contributed by atoms with van der Waals surface area (Å²) in [6.07, 6.45) is 0. The van der Waals surface area contributed by atoms with E-state index < -0.39 is 0 Å². The van der Waals surface area contributed by atoms with E-state index in [0.29, 0.717) is 21.5 Å². The molecule has 0 spiro atoms. The number of hydrogen-bond donors (Lipinski definition) is 0. The number of hydrogen-bond acceptors (Lipinski definition) is 6. The summed E-state index contributed by atoms with van der Waals surface area (Å²) in [5, 5.41) is 16.2. The molecule has 22 heavy (non-hydrogen) atoms. The average Bonchev–Trinajstić information content (AvgIpc) is 2.49. The Morgan fingerprint density at radius 1 is 0.636 bits per heavy atom. The SMILES string of the molecule is Clc1cccc(Oc2nnc(Oc3cccc(Cl)c3)nn2)c1. The van der Waals surface area contributed by atoms with Crippen molar-refractivity contribution in [2.24, 2.45) is 0 Å². The molecular formula is C14H8Cl2N4O2. The largest absolute Gasteiger partial charge is 0.422 e. The lowest BCUT2D eigenvalue weighted by Gasteiger charge is -2.04. The molecule has 0 unspecified atom stereocenters. The van der Waals surface area contributed by atoms with Crippen molar-refractivity contribution in [2.75, 3.05) is 0 Å². The first-order valence-corrected chi connectivity index (χ1v) is 6.89. The maximum Gasteiger partial charge on any atom is 0.360 e. The van der Waals surface area contributed by atoms with Gasteiger partial charge in [0.2, 0.25) is 0 Å². The Hall–Kier alpha value is -2.44. The molecular weight excluding hydrogens is 327 g/mol. The van der Waals surface area contributed by atoms with Crippen LogP contribution in [0.25, 0.3) is 0 Å². The minimum atomic E-state index is -0.0132. The Bertz CT molecular complexity index is 717. The second-order valence-corrected chi connectivity index (χ2v) is 4.96. The molecule has 1 heterocycles. The Morgan fingerprint density at radius 2 is 1.05 bits per heavy atom. The highest BCUT2D eigenvalue weighted by atomic mass is 35.5. The lowest BCUT2D eigenvalue weighted by atomic mass is 10.3. The average molecular weight is 335 g/mol. The number of ether oxygens (including phenoxy) is 2. The number of aromatic nitrogens is 4. The smallest absolute Gasteiger partial charge is 0.360 e. The van der Waals surface area contributed by atoms with Crippen LogP contribution in [0, 0.1) is 0 Å². The van der Waals surface area contributed by atoms with Crippen LogP contribution < -0.4 is 9.47 Å². The Labute approximate surface area is 135 Å². The molecule has 0 radical (unpaired) electrons. The van der Waals surface area contributed by atoms with E-state index >= 15 is 0 Å². The number of rotatable bonds is 4. The van der Waals surface area contributed by atoms with E-state index in [1.807, 2.05) is 0 Å². The molecule has 0 aliphatic heterocycles. The quantitative estimate of drug-likeness (QED) is 0.713. The minimum absolute atomic E-state index is 0.0132. The van der Waals surface area contributed by atoms with Crippen LogP contribution in [-0.4, -0.2) is 20.4 Å². The van der Waals surface area contributed by atoms with E-state index in [2.05, 4.69) is 20.4 Å². The van der Waals surface area contributed by atoms with Crippen molar-refractivity contribution < 1.29 is 9.47 Å². The fourth-order valence-electron chi connectivity index (χ4n) is 1.56. The Balaban J connectivity index is 1.70. The van der Waals surface area contributed by atoms with Crippen molar-refractivity contribution in [3.63, 3.8) is 0 Å². The monoisotopic (exact) mass is 334 g/mol. The molecule has 2 aromatic carbocycles. The third-order valence-electron chi connectivity index (χ3n) is 2.45. The summed E-state index contributed by atoms with van der Waals surface area (Å²) in [6.45, 7) is 0. The lowest BCUT2D eigenvalue weighted by Crippen LogP contribution is -2.00. The van der Waals surface area contributed by atoms with Gasteiger partial charge in [0.1, 0.15) is 11.5 Å². The van der Waals surface area contributed by atoms with Gasteiger partial charge in [0.05, 0.1) is 0 Å². The third-order valence-corrected chi connectivity index (χ3v) is 2.92.